The van der Waals surface area contributed by atoms with Gasteiger partial charge in [0.05, 0.1) is 5.02 Å². The standard InChI is InChI=1S/C9H10ClF/c1-3-7-5-8(10)9(11)4-6(7)2/h4-5H,3H2,1-2H3. The number of benzene rings is 1. The van der Waals surface area contributed by atoms with Crippen LogP contribution in [0.3, 0.4) is 0 Å². The first kappa shape index (κ1) is 8.54. The third-order valence-corrected chi connectivity index (χ3v) is 2.05. The van der Waals surface area contributed by atoms with Crippen molar-refractivity contribution < 1.29 is 4.39 Å². The molecule has 2 heteroatoms. The second-order valence-electron chi connectivity index (χ2n) is 2.55. The molecule has 0 aromatic heterocycles. The summed E-state index contributed by atoms with van der Waals surface area (Å²) in [7, 11) is 0. The zero-order valence-electron chi connectivity index (χ0n) is 6.62. The molecule has 11 heavy (non-hydrogen) atoms. The molecule has 0 unspecified atom stereocenters. The summed E-state index contributed by atoms with van der Waals surface area (Å²) in [6, 6.07) is 3.16. The van der Waals surface area contributed by atoms with Crippen LogP contribution in [0.4, 0.5) is 4.39 Å². The molecule has 0 nitrogen and oxygen atoms in total. The molecular formula is C9H10ClF. The van der Waals surface area contributed by atoms with Gasteiger partial charge in [0.25, 0.3) is 0 Å². The van der Waals surface area contributed by atoms with Crippen molar-refractivity contribution in [3.63, 3.8) is 0 Å². The summed E-state index contributed by atoms with van der Waals surface area (Å²) in [6.45, 7) is 3.91. The Morgan fingerprint density at radius 3 is 2.64 bits per heavy atom. The van der Waals surface area contributed by atoms with E-state index in [1.54, 1.807) is 6.07 Å². The van der Waals surface area contributed by atoms with Crippen molar-refractivity contribution in [1.29, 1.82) is 0 Å². The predicted octanol–water partition coefficient (Wildman–Crippen LogP) is 3.35. The van der Waals surface area contributed by atoms with Gasteiger partial charge >= 0.3 is 0 Å². The number of hydrogen-bond donors (Lipinski definition) is 0. The molecule has 0 saturated carbocycles. The first-order valence-corrected chi connectivity index (χ1v) is 3.97. The van der Waals surface area contributed by atoms with E-state index in [1.165, 1.54) is 6.07 Å². The highest BCUT2D eigenvalue weighted by Crippen LogP contribution is 2.19. The molecule has 0 aliphatic carbocycles. The molecule has 0 amide bonds. The molecule has 0 atom stereocenters. The monoisotopic (exact) mass is 172 g/mol. The summed E-state index contributed by atoms with van der Waals surface area (Å²) < 4.78 is 12.8. The van der Waals surface area contributed by atoms with Crippen LogP contribution < -0.4 is 0 Å². The SMILES string of the molecule is CCc1cc(Cl)c(F)cc1C. The molecule has 0 spiro atoms. The van der Waals surface area contributed by atoms with Gasteiger partial charge in [-0.25, -0.2) is 4.39 Å². The van der Waals surface area contributed by atoms with E-state index in [0.29, 0.717) is 0 Å². The average molecular weight is 173 g/mol. The second-order valence-corrected chi connectivity index (χ2v) is 2.95. The molecule has 1 aromatic rings. The quantitative estimate of drug-likeness (QED) is 0.610. The fraction of sp³-hybridized carbons (Fsp3) is 0.333. The van der Waals surface area contributed by atoms with Gasteiger partial charge in [-0.1, -0.05) is 18.5 Å². The van der Waals surface area contributed by atoms with Crippen molar-refractivity contribution in [2.75, 3.05) is 0 Å². The minimum Gasteiger partial charge on any atom is -0.205 e. The van der Waals surface area contributed by atoms with Crippen molar-refractivity contribution >= 4 is 11.6 Å². The van der Waals surface area contributed by atoms with Crippen LogP contribution in [0, 0.1) is 12.7 Å². The molecule has 0 aliphatic rings. The van der Waals surface area contributed by atoms with Crippen molar-refractivity contribution in [3.8, 4) is 0 Å². The molecule has 0 heterocycles. The second kappa shape index (κ2) is 3.22. The normalized spacial score (nSPS) is 10.2. The van der Waals surface area contributed by atoms with E-state index in [1.807, 2.05) is 13.8 Å². The van der Waals surface area contributed by atoms with Crippen LogP contribution >= 0.6 is 11.6 Å². The zero-order valence-corrected chi connectivity index (χ0v) is 7.37. The highest BCUT2D eigenvalue weighted by molar-refractivity contribution is 6.30. The lowest BCUT2D eigenvalue weighted by molar-refractivity contribution is 0.626. The van der Waals surface area contributed by atoms with E-state index < -0.39 is 0 Å². The van der Waals surface area contributed by atoms with Crippen LogP contribution in [0.1, 0.15) is 18.1 Å². The third kappa shape index (κ3) is 1.72. The lowest BCUT2D eigenvalue weighted by atomic mass is 10.1. The number of hydrogen-bond acceptors (Lipinski definition) is 0. The van der Waals surface area contributed by atoms with Gasteiger partial charge in [0, 0.05) is 0 Å². The molecule has 0 saturated heterocycles. The molecule has 0 fully saturated rings. The van der Waals surface area contributed by atoms with Crippen molar-refractivity contribution in [2.24, 2.45) is 0 Å². The molecular weight excluding hydrogens is 163 g/mol. The van der Waals surface area contributed by atoms with E-state index in [4.69, 9.17) is 11.6 Å². The Hall–Kier alpha value is -0.560. The van der Waals surface area contributed by atoms with Crippen LogP contribution in [-0.2, 0) is 6.42 Å². The Morgan fingerprint density at radius 1 is 1.45 bits per heavy atom. The van der Waals surface area contributed by atoms with E-state index >= 15 is 0 Å². The largest absolute Gasteiger partial charge is 0.205 e. The number of aryl methyl sites for hydroxylation is 2. The fourth-order valence-electron chi connectivity index (χ4n) is 1.07. The summed E-state index contributed by atoms with van der Waals surface area (Å²) in [5.74, 6) is -0.332. The zero-order chi connectivity index (χ0) is 8.43. The fourth-order valence-corrected chi connectivity index (χ4v) is 1.25. The van der Waals surface area contributed by atoms with Gasteiger partial charge in [-0.15, -0.1) is 0 Å². The molecule has 60 valence electrons. The Morgan fingerprint density at radius 2 is 2.09 bits per heavy atom. The summed E-state index contributed by atoms with van der Waals surface area (Å²) in [4.78, 5) is 0. The maximum absolute atomic E-state index is 12.8. The van der Waals surface area contributed by atoms with Crippen LogP contribution in [0.2, 0.25) is 5.02 Å². The molecule has 0 radical (unpaired) electrons. The van der Waals surface area contributed by atoms with E-state index in [9.17, 15) is 4.39 Å². The van der Waals surface area contributed by atoms with Crippen molar-refractivity contribution in [3.05, 3.63) is 34.1 Å². The van der Waals surface area contributed by atoms with Gasteiger partial charge in [0.2, 0.25) is 0 Å². The highest BCUT2D eigenvalue weighted by atomic mass is 35.5. The Bertz CT molecular complexity index is 269. The minimum absolute atomic E-state index is 0.215. The van der Waals surface area contributed by atoms with Gasteiger partial charge in [-0.3, -0.25) is 0 Å². The summed E-state index contributed by atoms with van der Waals surface area (Å²) >= 11 is 5.59. The Kier molecular flexibility index (Phi) is 2.50. The average Bonchev–Trinajstić information content (AvgIpc) is 1.97. The van der Waals surface area contributed by atoms with Crippen LogP contribution in [0.15, 0.2) is 12.1 Å². The first-order chi connectivity index (χ1) is 5.15. The van der Waals surface area contributed by atoms with E-state index in [2.05, 4.69) is 0 Å². The van der Waals surface area contributed by atoms with Gasteiger partial charge < -0.3 is 0 Å². The highest BCUT2D eigenvalue weighted by Gasteiger charge is 2.02. The molecule has 0 N–H and O–H groups in total. The molecule has 0 aliphatic heterocycles. The number of halogens is 2. The van der Waals surface area contributed by atoms with E-state index in [-0.39, 0.29) is 10.8 Å². The smallest absolute Gasteiger partial charge is 0.142 e. The summed E-state index contributed by atoms with van der Waals surface area (Å²) in [5, 5.41) is 0.215. The van der Waals surface area contributed by atoms with Gasteiger partial charge in [-0.05, 0) is 36.6 Å². The van der Waals surface area contributed by atoms with Crippen LogP contribution in [-0.4, -0.2) is 0 Å². The molecule has 1 rings (SSSR count). The predicted molar refractivity (Wildman–Crippen MR) is 45.5 cm³/mol. The summed E-state index contributed by atoms with van der Waals surface area (Å²) in [6.07, 6.45) is 0.895. The Balaban J connectivity index is 3.21. The lowest BCUT2D eigenvalue weighted by Gasteiger charge is -2.03. The van der Waals surface area contributed by atoms with Gasteiger partial charge in [0.15, 0.2) is 0 Å². The lowest BCUT2D eigenvalue weighted by Crippen LogP contribution is -1.88. The minimum atomic E-state index is -0.332. The van der Waals surface area contributed by atoms with Crippen LogP contribution in [0.25, 0.3) is 0 Å². The molecule has 0 bridgehead atoms. The Labute approximate surface area is 71.0 Å². The van der Waals surface area contributed by atoms with Crippen molar-refractivity contribution in [2.45, 2.75) is 20.3 Å². The van der Waals surface area contributed by atoms with Gasteiger partial charge in [-0.2, -0.15) is 0 Å². The topological polar surface area (TPSA) is 0 Å². The third-order valence-electron chi connectivity index (χ3n) is 1.76. The van der Waals surface area contributed by atoms with Crippen LogP contribution in [0.5, 0.6) is 0 Å². The van der Waals surface area contributed by atoms with E-state index in [0.717, 1.165) is 17.5 Å². The number of rotatable bonds is 1. The summed E-state index contributed by atoms with van der Waals surface area (Å²) in [5.41, 5.74) is 2.07. The maximum Gasteiger partial charge on any atom is 0.142 e. The van der Waals surface area contributed by atoms with Crippen molar-refractivity contribution in [1.82, 2.24) is 0 Å². The molecule has 1 aromatic carbocycles. The maximum atomic E-state index is 12.8. The first-order valence-electron chi connectivity index (χ1n) is 3.59. The van der Waals surface area contributed by atoms with Gasteiger partial charge in [0.1, 0.15) is 5.82 Å².